The summed E-state index contributed by atoms with van der Waals surface area (Å²) in [5, 5.41) is 4.98. The third-order valence-corrected chi connectivity index (χ3v) is 6.41. The molecule has 1 amide bonds. The Labute approximate surface area is 154 Å². The summed E-state index contributed by atoms with van der Waals surface area (Å²) in [4.78, 5) is 13.8. The molecular weight excluding hydrogens is 352 g/mol. The third kappa shape index (κ3) is 4.74. The van der Waals surface area contributed by atoms with Gasteiger partial charge in [-0.25, -0.2) is 8.42 Å². The maximum absolute atomic E-state index is 12.0. The number of carbonyl (C=O) groups excluding carboxylic acids is 1. The predicted molar refractivity (Wildman–Crippen MR) is 102 cm³/mol. The maximum Gasteiger partial charge on any atom is 0.234 e. The Kier molecular flexibility index (Phi) is 5.78. The molecule has 0 aromatic heterocycles. The van der Waals surface area contributed by atoms with Gasteiger partial charge in [0, 0.05) is 11.4 Å². The van der Waals surface area contributed by atoms with Crippen molar-refractivity contribution >= 4 is 26.5 Å². The summed E-state index contributed by atoms with van der Waals surface area (Å²) in [6.07, 6.45) is 0.594. The van der Waals surface area contributed by atoms with Crippen molar-refractivity contribution in [3.8, 4) is 5.75 Å². The van der Waals surface area contributed by atoms with E-state index >= 15 is 0 Å². The van der Waals surface area contributed by atoms with Crippen molar-refractivity contribution in [3.05, 3.63) is 42.5 Å². The molecule has 1 aliphatic heterocycles. The summed E-state index contributed by atoms with van der Waals surface area (Å²) >= 11 is 0. The molecule has 0 spiro atoms. The van der Waals surface area contributed by atoms with Gasteiger partial charge in [-0.1, -0.05) is 36.4 Å². The highest BCUT2D eigenvalue weighted by molar-refractivity contribution is 7.91. The molecule has 1 fully saturated rings. The molecule has 1 saturated heterocycles. The monoisotopic (exact) mass is 376 g/mol. The second-order valence-corrected chi connectivity index (χ2v) is 8.88. The number of benzene rings is 2. The Bertz CT molecular complexity index is 877. The lowest BCUT2D eigenvalue weighted by atomic mass is 10.1. The third-order valence-electron chi connectivity index (χ3n) is 4.66. The number of rotatable bonds is 7. The van der Waals surface area contributed by atoms with Gasteiger partial charge < -0.3 is 10.1 Å². The molecule has 6 nitrogen and oxygen atoms in total. The molecule has 140 valence electrons. The highest BCUT2D eigenvalue weighted by Gasteiger charge is 2.31. The summed E-state index contributed by atoms with van der Waals surface area (Å²) in [6.45, 7) is 0.967. The highest BCUT2D eigenvalue weighted by atomic mass is 32.2. The quantitative estimate of drug-likeness (QED) is 0.741. The Morgan fingerprint density at radius 3 is 2.77 bits per heavy atom. The summed E-state index contributed by atoms with van der Waals surface area (Å²) in [7, 11) is -1.15. The average molecular weight is 376 g/mol. The van der Waals surface area contributed by atoms with Crippen LogP contribution in [-0.4, -0.2) is 63.5 Å². The van der Waals surface area contributed by atoms with Crippen molar-refractivity contribution in [2.45, 2.75) is 12.5 Å². The molecule has 2 aromatic rings. The summed E-state index contributed by atoms with van der Waals surface area (Å²) in [5.41, 5.74) is 0. The number of nitrogens with zero attached hydrogens (tertiary/aromatic N) is 1. The van der Waals surface area contributed by atoms with Crippen LogP contribution in [0.5, 0.6) is 5.75 Å². The lowest BCUT2D eigenvalue weighted by Gasteiger charge is -2.22. The molecule has 1 atom stereocenters. The zero-order chi connectivity index (χ0) is 18.6. The first-order valence-electron chi connectivity index (χ1n) is 8.72. The number of hydrogen-bond acceptors (Lipinski definition) is 5. The van der Waals surface area contributed by atoms with E-state index in [2.05, 4.69) is 5.32 Å². The van der Waals surface area contributed by atoms with Gasteiger partial charge in [-0.3, -0.25) is 9.69 Å². The number of amides is 1. The van der Waals surface area contributed by atoms with Gasteiger partial charge in [-0.15, -0.1) is 0 Å². The van der Waals surface area contributed by atoms with Gasteiger partial charge in [0.15, 0.2) is 9.84 Å². The fourth-order valence-corrected chi connectivity index (χ4v) is 5.01. The van der Waals surface area contributed by atoms with Crippen molar-refractivity contribution in [1.29, 1.82) is 0 Å². The van der Waals surface area contributed by atoms with E-state index in [1.54, 1.807) is 7.05 Å². The van der Waals surface area contributed by atoms with Crippen molar-refractivity contribution in [2.24, 2.45) is 0 Å². The fourth-order valence-electron chi connectivity index (χ4n) is 3.21. The Morgan fingerprint density at radius 1 is 1.23 bits per heavy atom. The SMILES string of the molecule is CN(CC(=O)NCCOc1cccc2ccccc12)C1CCS(=O)(=O)C1. The molecule has 0 saturated carbocycles. The molecular formula is C19H24N2O4S. The number of nitrogens with one attached hydrogen (secondary N) is 1. The first-order chi connectivity index (χ1) is 12.4. The molecule has 3 rings (SSSR count). The van der Waals surface area contributed by atoms with Gasteiger partial charge in [0.05, 0.1) is 24.6 Å². The van der Waals surface area contributed by atoms with Crippen LogP contribution in [0.3, 0.4) is 0 Å². The minimum Gasteiger partial charge on any atom is -0.491 e. The number of hydrogen-bond donors (Lipinski definition) is 1. The van der Waals surface area contributed by atoms with E-state index in [1.807, 2.05) is 47.4 Å². The van der Waals surface area contributed by atoms with Crippen molar-refractivity contribution in [1.82, 2.24) is 10.2 Å². The first kappa shape index (κ1) is 18.7. The van der Waals surface area contributed by atoms with E-state index in [0.29, 0.717) is 19.6 Å². The van der Waals surface area contributed by atoms with Crippen LogP contribution < -0.4 is 10.1 Å². The van der Waals surface area contributed by atoms with Crippen LogP contribution in [0, 0.1) is 0 Å². The minimum absolute atomic E-state index is 0.0716. The van der Waals surface area contributed by atoms with E-state index in [9.17, 15) is 13.2 Å². The van der Waals surface area contributed by atoms with Crippen LogP contribution >= 0.6 is 0 Å². The molecule has 1 N–H and O–H groups in total. The molecule has 0 bridgehead atoms. The van der Waals surface area contributed by atoms with E-state index in [4.69, 9.17) is 4.74 Å². The smallest absolute Gasteiger partial charge is 0.234 e. The molecule has 7 heteroatoms. The van der Waals surface area contributed by atoms with Crippen LogP contribution in [-0.2, 0) is 14.6 Å². The molecule has 26 heavy (non-hydrogen) atoms. The summed E-state index contributed by atoms with van der Waals surface area (Å²) in [5.74, 6) is 1.02. The summed E-state index contributed by atoms with van der Waals surface area (Å²) in [6, 6.07) is 13.8. The Hall–Kier alpha value is -2.12. The van der Waals surface area contributed by atoms with Crippen LogP contribution in [0.25, 0.3) is 10.8 Å². The number of likely N-dealkylation sites (N-methyl/N-ethyl adjacent to an activating group) is 1. The molecule has 1 unspecified atom stereocenters. The van der Waals surface area contributed by atoms with Gasteiger partial charge in [0.1, 0.15) is 12.4 Å². The van der Waals surface area contributed by atoms with Crippen molar-refractivity contribution in [3.63, 3.8) is 0 Å². The van der Waals surface area contributed by atoms with Gasteiger partial charge in [-0.05, 0) is 24.9 Å². The largest absolute Gasteiger partial charge is 0.491 e. The topological polar surface area (TPSA) is 75.7 Å². The standard InChI is InChI=1S/C19H24N2O4S/c1-21(16-9-12-26(23,24)14-16)13-19(22)20-10-11-25-18-8-4-6-15-5-2-3-7-17(15)18/h2-8,16H,9-14H2,1H3,(H,20,22). The van der Waals surface area contributed by atoms with Gasteiger partial charge in [0.25, 0.3) is 0 Å². The lowest BCUT2D eigenvalue weighted by Crippen LogP contribution is -2.42. The van der Waals surface area contributed by atoms with E-state index in [1.165, 1.54) is 0 Å². The van der Waals surface area contributed by atoms with Gasteiger partial charge in [-0.2, -0.15) is 0 Å². The fraction of sp³-hybridized carbons (Fsp3) is 0.421. The second-order valence-electron chi connectivity index (χ2n) is 6.65. The number of sulfone groups is 1. The molecule has 1 aliphatic rings. The van der Waals surface area contributed by atoms with E-state index in [0.717, 1.165) is 16.5 Å². The molecule has 1 heterocycles. The average Bonchev–Trinajstić information content (AvgIpc) is 2.99. The Balaban J connectivity index is 1.42. The number of fused-ring (bicyclic) bond motifs is 1. The van der Waals surface area contributed by atoms with E-state index in [-0.39, 0.29) is 30.0 Å². The molecule has 2 aromatic carbocycles. The van der Waals surface area contributed by atoms with E-state index < -0.39 is 9.84 Å². The molecule has 0 aliphatic carbocycles. The number of carbonyl (C=O) groups is 1. The maximum atomic E-state index is 12.0. The van der Waals surface area contributed by atoms with Crippen molar-refractivity contribution < 1.29 is 17.9 Å². The van der Waals surface area contributed by atoms with Crippen LogP contribution in [0.2, 0.25) is 0 Å². The van der Waals surface area contributed by atoms with Crippen LogP contribution in [0.1, 0.15) is 6.42 Å². The number of ether oxygens (including phenoxy) is 1. The zero-order valence-corrected chi connectivity index (χ0v) is 15.7. The lowest BCUT2D eigenvalue weighted by molar-refractivity contribution is -0.122. The zero-order valence-electron chi connectivity index (χ0n) is 14.8. The highest BCUT2D eigenvalue weighted by Crippen LogP contribution is 2.24. The summed E-state index contributed by atoms with van der Waals surface area (Å²) < 4.78 is 28.8. The first-order valence-corrected chi connectivity index (χ1v) is 10.5. The van der Waals surface area contributed by atoms with Gasteiger partial charge >= 0.3 is 0 Å². The minimum atomic E-state index is -2.94. The van der Waals surface area contributed by atoms with Gasteiger partial charge in [0.2, 0.25) is 5.91 Å². The predicted octanol–water partition coefficient (Wildman–Crippen LogP) is 1.45. The second kappa shape index (κ2) is 8.05. The Morgan fingerprint density at radius 2 is 2.00 bits per heavy atom. The van der Waals surface area contributed by atoms with Crippen LogP contribution in [0.15, 0.2) is 42.5 Å². The van der Waals surface area contributed by atoms with Crippen molar-refractivity contribution in [2.75, 3.05) is 38.2 Å². The normalized spacial score (nSPS) is 18.9. The van der Waals surface area contributed by atoms with Crippen LogP contribution in [0.4, 0.5) is 0 Å². The molecule has 0 radical (unpaired) electrons.